The van der Waals surface area contributed by atoms with E-state index in [2.05, 4.69) is 0 Å². The van der Waals surface area contributed by atoms with Gasteiger partial charge in [0.15, 0.2) is 0 Å². The van der Waals surface area contributed by atoms with Crippen molar-refractivity contribution in [2.75, 3.05) is 20.3 Å². The van der Waals surface area contributed by atoms with E-state index >= 15 is 0 Å². The van der Waals surface area contributed by atoms with Crippen LogP contribution in [-0.2, 0) is 0 Å². The van der Waals surface area contributed by atoms with Crippen molar-refractivity contribution in [1.82, 2.24) is 0 Å². The van der Waals surface area contributed by atoms with Gasteiger partial charge in [-0.15, -0.1) is 0 Å². The molecule has 2 aromatic carbocycles. The van der Waals surface area contributed by atoms with Gasteiger partial charge in [-0.05, 0) is 18.6 Å². The zero-order valence-electron chi connectivity index (χ0n) is 10.1. The van der Waals surface area contributed by atoms with Crippen molar-refractivity contribution in [2.24, 2.45) is 0 Å². The van der Waals surface area contributed by atoms with Crippen molar-refractivity contribution in [3.8, 4) is 11.5 Å². The molecular formula is C14H16O3. The second-order valence-corrected chi connectivity index (χ2v) is 3.84. The van der Waals surface area contributed by atoms with E-state index in [0.717, 1.165) is 27.8 Å². The van der Waals surface area contributed by atoms with Gasteiger partial charge in [0.25, 0.3) is 0 Å². The molecule has 0 aromatic heterocycles. The molecule has 0 saturated carbocycles. The number of fused-ring (bicyclic) bond motifs is 1. The minimum absolute atomic E-state index is 0.0133. The maximum atomic E-state index is 8.82. The number of hydrogen-bond donors (Lipinski definition) is 1. The van der Waals surface area contributed by atoms with E-state index < -0.39 is 0 Å². The lowest BCUT2D eigenvalue weighted by atomic mass is 10.0. The summed E-state index contributed by atoms with van der Waals surface area (Å²) in [6.45, 7) is 2.30. The lowest BCUT2D eigenvalue weighted by Crippen LogP contribution is -2.02. The summed E-state index contributed by atoms with van der Waals surface area (Å²) in [6.07, 6.45) is 0. The van der Waals surface area contributed by atoms with Gasteiger partial charge in [0.1, 0.15) is 18.1 Å². The third-order valence-electron chi connectivity index (χ3n) is 2.70. The van der Waals surface area contributed by atoms with Crippen molar-refractivity contribution in [3.05, 3.63) is 35.9 Å². The maximum absolute atomic E-state index is 8.82. The highest BCUT2D eigenvalue weighted by atomic mass is 16.5. The zero-order chi connectivity index (χ0) is 12.3. The zero-order valence-corrected chi connectivity index (χ0v) is 10.1. The minimum Gasteiger partial charge on any atom is -0.496 e. The number of benzene rings is 2. The molecule has 2 rings (SSSR count). The van der Waals surface area contributed by atoms with Gasteiger partial charge in [-0.1, -0.05) is 24.3 Å². The first-order chi connectivity index (χ1) is 8.27. The topological polar surface area (TPSA) is 38.7 Å². The largest absolute Gasteiger partial charge is 0.496 e. The van der Waals surface area contributed by atoms with Crippen LogP contribution in [0, 0.1) is 6.92 Å². The molecule has 0 spiro atoms. The summed E-state index contributed by atoms with van der Waals surface area (Å²) in [6, 6.07) is 9.87. The number of aliphatic hydroxyl groups excluding tert-OH is 1. The summed E-state index contributed by atoms with van der Waals surface area (Å²) in [5, 5.41) is 10.9. The lowest BCUT2D eigenvalue weighted by Gasteiger charge is -2.13. The van der Waals surface area contributed by atoms with E-state index in [0.29, 0.717) is 6.61 Å². The molecule has 3 heteroatoms. The summed E-state index contributed by atoms with van der Waals surface area (Å²) < 4.78 is 11.0. The molecule has 3 nitrogen and oxygen atoms in total. The Morgan fingerprint density at radius 3 is 2.53 bits per heavy atom. The van der Waals surface area contributed by atoms with E-state index in [1.165, 1.54) is 0 Å². The molecule has 0 saturated heterocycles. The third kappa shape index (κ3) is 2.19. The molecule has 1 N–H and O–H groups in total. The van der Waals surface area contributed by atoms with E-state index in [4.69, 9.17) is 14.6 Å². The first-order valence-corrected chi connectivity index (χ1v) is 5.58. The fourth-order valence-corrected chi connectivity index (χ4v) is 1.99. The monoisotopic (exact) mass is 232 g/mol. The standard InChI is InChI=1S/C14H16O3/c1-10-9-13(17-8-7-15)11-5-3-4-6-12(11)14(10)16-2/h3-6,9,15H,7-8H2,1-2H3. The summed E-state index contributed by atoms with van der Waals surface area (Å²) in [7, 11) is 1.67. The fourth-order valence-electron chi connectivity index (χ4n) is 1.99. The molecule has 0 amide bonds. The Balaban J connectivity index is 2.61. The van der Waals surface area contributed by atoms with E-state index in [9.17, 15) is 0 Å². The highest BCUT2D eigenvalue weighted by Gasteiger charge is 2.10. The van der Waals surface area contributed by atoms with E-state index in [1.54, 1.807) is 7.11 Å². The lowest BCUT2D eigenvalue weighted by molar-refractivity contribution is 0.202. The van der Waals surface area contributed by atoms with Gasteiger partial charge >= 0.3 is 0 Å². The smallest absolute Gasteiger partial charge is 0.129 e. The van der Waals surface area contributed by atoms with Gasteiger partial charge < -0.3 is 14.6 Å². The highest BCUT2D eigenvalue weighted by Crippen LogP contribution is 2.36. The molecular weight excluding hydrogens is 216 g/mol. The molecule has 0 heterocycles. The number of rotatable bonds is 4. The van der Waals surface area contributed by atoms with Gasteiger partial charge in [0.05, 0.1) is 13.7 Å². The van der Waals surface area contributed by atoms with Crippen molar-refractivity contribution >= 4 is 10.8 Å². The molecule has 0 fully saturated rings. The van der Waals surface area contributed by atoms with Crippen molar-refractivity contribution in [2.45, 2.75) is 6.92 Å². The van der Waals surface area contributed by atoms with Crippen LogP contribution in [0.3, 0.4) is 0 Å². The summed E-state index contributed by atoms with van der Waals surface area (Å²) in [4.78, 5) is 0. The van der Waals surface area contributed by atoms with Crippen LogP contribution in [0.2, 0.25) is 0 Å². The Hall–Kier alpha value is -1.74. The Morgan fingerprint density at radius 1 is 1.18 bits per heavy atom. The molecule has 2 aromatic rings. The van der Waals surface area contributed by atoms with Gasteiger partial charge in [0.2, 0.25) is 0 Å². The molecule has 0 aliphatic rings. The SMILES string of the molecule is COc1c(C)cc(OCCO)c2ccccc12. The molecule has 0 atom stereocenters. The van der Waals surface area contributed by atoms with Crippen LogP contribution in [0.5, 0.6) is 11.5 Å². The van der Waals surface area contributed by atoms with Crippen LogP contribution in [-0.4, -0.2) is 25.4 Å². The second-order valence-electron chi connectivity index (χ2n) is 3.84. The molecule has 0 radical (unpaired) electrons. The number of methoxy groups -OCH3 is 1. The minimum atomic E-state index is 0.0133. The van der Waals surface area contributed by atoms with Crippen LogP contribution >= 0.6 is 0 Å². The van der Waals surface area contributed by atoms with E-state index in [-0.39, 0.29) is 6.61 Å². The highest BCUT2D eigenvalue weighted by molar-refractivity contribution is 5.94. The van der Waals surface area contributed by atoms with Crippen LogP contribution in [0.15, 0.2) is 30.3 Å². The van der Waals surface area contributed by atoms with Gasteiger partial charge in [-0.25, -0.2) is 0 Å². The summed E-state index contributed by atoms with van der Waals surface area (Å²) in [5.41, 5.74) is 1.03. The quantitative estimate of drug-likeness (QED) is 0.880. The Labute approximate surface area is 101 Å². The molecule has 0 aliphatic carbocycles. The second kappa shape index (κ2) is 5.06. The first-order valence-electron chi connectivity index (χ1n) is 5.58. The van der Waals surface area contributed by atoms with Gasteiger partial charge in [-0.3, -0.25) is 0 Å². The summed E-state index contributed by atoms with van der Waals surface area (Å²) >= 11 is 0. The number of ether oxygens (including phenoxy) is 2. The number of hydrogen-bond acceptors (Lipinski definition) is 3. The summed E-state index contributed by atoms with van der Waals surface area (Å²) in [5.74, 6) is 1.66. The van der Waals surface area contributed by atoms with Crippen molar-refractivity contribution in [1.29, 1.82) is 0 Å². The molecule has 90 valence electrons. The Kier molecular flexibility index (Phi) is 3.49. The predicted molar refractivity (Wildman–Crippen MR) is 67.8 cm³/mol. The first kappa shape index (κ1) is 11.7. The average Bonchev–Trinajstić information content (AvgIpc) is 2.36. The molecule has 0 aliphatic heterocycles. The Bertz CT molecular complexity index is 520. The Morgan fingerprint density at radius 2 is 1.88 bits per heavy atom. The van der Waals surface area contributed by atoms with Crippen LogP contribution in [0.1, 0.15) is 5.56 Å². The van der Waals surface area contributed by atoms with Gasteiger partial charge in [-0.2, -0.15) is 0 Å². The maximum Gasteiger partial charge on any atom is 0.129 e. The third-order valence-corrected chi connectivity index (χ3v) is 2.70. The molecule has 17 heavy (non-hydrogen) atoms. The van der Waals surface area contributed by atoms with E-state index in [1.807, 2.05) is 37.3 Å². The van der Waals surface area contributed by atoms with Crippen LogP contribution < -0.4 is 9.47 Å². The molecule has 0 bridgehead atoms. The number of aliphatic hydroxyl groups is 1. The molecule has 0 unspecified atom stereocenters. The number of aryl methyl sites for hydroxylation is 1. The fraction of sp³-hybridized carbons (Fsp3) is 0.286. The van der Waals surface area contributed by atoms with Gasteiger partial charge in [0, 0.05) is 10.8 Å². The van der Waals surface area contributed by atoms with Crippen LogP contribution in [0.4, 0.5) is 0 Å². The normalized spacial score (nSPS) is 10.5. The van der Waals surface area contributed by atoms with Crippen LogP contribution in [0.25, 0.3) is 10.8 Å². The van der Waals surface area contributed by atoms with Crippen molar-refractivity contribution < 1.29 is 14.6 Å². The average molecular weight is 232 g/mol. The van der Waals surface area contributed by atoms with Crippen molar-refractivity contribution in [3.63, 3.8) is 0 Å². The predicted octanol–water partition coefficient (Wildman–Crippen LogP) is 2.53.